The first-order valence-corrected chi connectivity index (χ1v) is 4.89. The van der Waals surface area contributed by atoms with Crippen molar-refractivity contribution in [3.8, 4) is 11.5 Å². The van der Waals surface area contributed by atoms with Gasteiger partial charge in [-0.05, 0) is 23.1 Å². The van der Waals surface area contributed by atoms with Crippen molar-refractivity contribution in [2.75, 3.05) is 6.79 Å². The lowest BCUT2D eigenvalue weighted by Gasteiger charge is -2.22. The van der Waals surface area contributed by atoms with Gasteiger partial charge in [0.25, 0.3) is 0 Å². The zero-order chi connectivity index (χ0) is 20.8. The Balaban J connectivity index is 2.56. The molecule has 0 aromatic heterocycles. The minimum absolute atomic E-state index is 0.000877. The Bertz CT molecular complexity index is 696. The van der Waals surface area contributed by atoms with Crippen LogP contribution in [0.5, 0.6) is 11.5 Å². The van der Waals surface area contributed by atoms with Crippen LogP contribution in [0.4, 0.5) is 0 Å². The molecular formula is C14H18O3. The second-order valence-electron chi connectivity index (χ2n) is 3.63. The lowest BCUT2D eigenvalue weighted by molar-refractivity contribution is 0.106. The Hall–Kier alpha value is -1.48. The van der Waals surface area contributed by atoms with Crippen molar-refractivity contribution < 1.29 is 28.3 Å². The van der Waals surface area contributed by atoms with E-state index in [1.54, 1.807) is 0 Å². The van der Waals surface area contributed by atoms with Crippen LogP contribution in [-0.2, 0) is 0 Å². The topological polar surface area (TPSA) is 38.7 Å². The molecule has 0 saturated heterocycles. The number of rotatable bonds is 2. The number of aliphatic hydroxyl groups is 1. The van der Waals surface area contributed by atoms with Crippen LogP contribution in [0.2, 0.25) is 0 Å². The molecule has 1 aliphatic rings. The molecule has 0 aliphatic carbocycles. The summed E-state index contributed by atoms with van der Waals surface area (Å²) in [6, 6.07) is 3.55. The first-order valence-electron chi connectivity index (χ1n) is 9.89. The van der Waals surface area contributed by atoms with Crippen LogP contribution in [0.1, 0.15) is 39.8 Å². The smallest absolute Gasteiger partial charge is 0.231 e. The van der Waals surface area contributed by atoms with E-state index in [0.717, 1.165) is 6.08 Å². The molecule has 1 atom stereocenters. The van der Waals surface area contributed by atoms with E-state index in [1.165, 1.54) is 18.2 Å². The third-order valence-corrected chi connectivity index (χ3v) is 2.21. The highest BCUT2D eigenvalue weighted by Gasteiger charge is 2.19. The van der Waals surface area contributed by atoms with Crippen LogP contribution in [0.3, 0.4) is 0 Å². The maximum atomic E-state index is 10.5. The largest absolute Gasteiger partial charge is 0.454 e. The van der Waals surface area contributed by atoms with Crippen molar-refractivity contribution >= 4 is 6.08 Å². The van der Waals surface area contributed by atoms with E-state index in [1.807, 2.05) is 0 Å². The summed E-state index contributed by atoms with van der Waals surface area (Å²) >= 11 is 0. The first-order chi connectivity index (χ1) is 12.1. The number of benzene rings is 1. The van der Waals surface area contributed by atoms with E-state index in [9.17, 15) is 5.11 Å². The SMILES string of the molecule is [2H]/C(=C\c1ccc2c(c1)OCO2)C(O)C(C([2H])([2H])[2H])(C([2H])([2H])[2H])C([2H])([2H])[2H]. The van der Waals surface area contributed by atoms with Gasteiger partial charge in [-0.1, -0.05) is 38.8 Å². The number of hydrogen-bond donors (Lipinski definition) is 1. The molecule has 1 aromatic rings. The molecule has 0 amide bonds. The van der Waals surface area contributed by atoms with Crippen molar-refractivity contribution in [3.63, 3.8) is 0 Å². The monoisotopic (exact) mass is 244 g/mol. The van der Waals surface area contributed by atoms with Gasteiger partial charge >= 0.3 is 0 Å². The Labute approximate surface area is 116 Å². The highest BCUT2D eigenvalue weighted by Crippen LogP contribution is 2.33. The summed E-state index contributed by atoms with van der Waals surface area (Å²) in [5, 5.41) is 10.5. The van der Waals surface area contributed by atoms with Crippen molar-refractivity contribution in [2.45, 2.75) is 26.7 Å². The average molecular weight is 244 g/mol. The second kappa shape index (κ2) is 4.41. The van der Waals surface area contributed by atoms with E-state index in [4.69, 9.17) is 23.2 Å². The van der Waals surface area contributed by atoms with Crippen LogP contribution in [0.25, 0.3) is 6.08 Å². The summed E-state index contributed by atoms with van der Waals surface area (Å²) in [5.41, 5.74) is -3.25. The molecule has 3 nitrogen and oxygen atoms in total. The van der Waals surface area contributed by atoms with Gasteiger partial charge in [0.15, 0.2) is 11.5 Å². The number of fused-ring (bicyclic) bond motifs is 1. The summed E-state index contributed by atoms with van der Waals surface area (Å²) in [5.74, 6) is 0.792. The quantitative estimate of drug-likeness (QED) is 0.869. The molecule has 1 aliphatic heterocycles. The maximum Gasteiger partial charge on any atom is 0.231 e. The number of aliphatic hydroxyl groups excluding tert-OH is 1. The molecule has 0 radical (unpaired) electrons. The van der Waals surface area contributed by atoms with Crippen LogP contribution >= 0.6 is 0 Å². The molecule has 0 spiro atoms. The van der Waals surface area contributed by atoms with Crippen LogP contribution in [-0.4, -0.2) is 18.0 Å². The Morgan fingerprint density at radius 1 is 1.41 bits per heavy atom. The molecule has 1 heterocycles. The van der Waals surface area contributed by atoms with Crippen LogP contribution in [0, 0.1) is 5.41 Å². The zero-order valence-corrected chi connectivity index (χ0v) is 8.86. The van der Waals surface area contributed by atoms with Crippen LogP contribution < -0.4 is 9.47 Å². The molecule has 1 N–H and O–H groups in total. The Morgan fingerprint density at radius 3 is 2.94 bits per heavy atom. The summed E-state index contributed by atoms with van der Waals surface area (Å²) in [6.45, 7) is -10.8. The van der Waals surface area contributed by atoms with Gasteiger partial charge in [-0.15, -0.1) is 0 Å². The van der Waals surface area contributed by atoms with Gasteiger partial charge in [-0.25, -0.2) is 0 Å². The molecule has 0 fully saturated rings. The average Bonchev–Trinajstić information content (AvgIpc) is 2.90. The van der Waals surface area contributed by atoms with E-state index < -0.39 is 38.1 Å². The molecule has 0 bridgehead atoms. The fourth-order valence-corrected chi connectivity index (χ4v) is 1.30. The van der Waals surface area contributed by atoms with Gasteiger partial charge in [0, 0.05) is 12.3 Å². The molecule has 1 aromatic carbocycles. The van der Waals surface area contributed by atoms with E-state index >= 15 is 0 Å². The van der Waals surface area contributed by atoms with Gasteiger partial charge in [0.1, 0.15) is 0 Å². The minimum Gasteiger partial charge on any atom is -0.454 e. The number of ether oxygens (including phenoxy) is 2. The lowest BCUT2D eigenvalue weighted by atomic mass is 9.89. The predicted molar refractivity (Wildman–Crippen MR) is 67.1 cm³/mol. The second-order valence-corrected chi connectivity index (χ2v) is 3.63. The molecular weight excluding hydrogens is 216 g/mol. The highest BCUT2D eigenvalue weighted by molar-refractivity contribution is 5.56. The van der Waals surface area contributed by atoms with Gasteiger partial charge in [0.05, 0.1) is 7.47 Å². The van der Waals surface area contributed by atoms with Crippen molar-refractivity contribution in [3.05, 3.63) is 29.8 Å². The van der Waals surface area contributed by atoms with Gasteiger partial charge in [-0.3, -0.25) is 0 Å². The first kappa shape index (κ1) is 4.65. The van der Waals surface area contributed by atoms with E-state index in [0.29, 0.717) is 11.5 Å². The summed E-state index contributed by atoms with van der Waals surface area (Å²) in [6.07, 6.45) is -1.61. The summed E-state index contributed by atoms with van der Waals surface area (Å²) in [4.78, 5) is 0. The molecule has 3 heteroatoms. The van der Waals surface area contributed by atoms with E-state index in [2.05, 4.69) is 0 Å². The molecule has 0 saturated carbocycles. The van der Waals surface area contributed by atoms with Crippen molar-refractivity contribution in [1.82, 2.24) is 0 Å². The summed E-state index contributed by atoms with van der Waals surface area (Å²) < 4.78 is 86.3. The van der Waals surface area contributed by atoms with Crippen LogP contribution in [0.15, 0.2) is 24.3 Å². The minimum atomic E-state index is -3.60. The molecule has 92 valence electrons. The summed E-state index contributed by atoms with van der Waals surface area (Å²) in [7, 11) is 0. The third-order valence-electron chi connectivity index (χ3n) is 2.21. The standard InChI is InChI=1S/C14H18O3/c1-14(2,3)13(15)7-5-10-4-6-11-12(8-10)17-9-16-11/h4-8,13,15H,9H2,1-3H3/b7-5+/i1D3,2D3,3D3,7D. The zero-order valence-electron chi connectivity index (χ0n) is 18.9. The van der Waals surface area contributed by atoms with Gasteiger partial charge in [0.2, 0.25) is 6.79 Å². The molecule has 17 heavy (non-hydrogen) atoms. The van der Waals surface area contributed by atoms with E-state index in [-0.39, 0.29) is 12.4 Å². The van der Waals surface area contributed by atoms with Crippen molar-refractivity contribution in [1.29, 1.82) is 0 Å². The molecule has 1 unspecified atom stereocenters. The van der Waals surface area contributed by atoms with Gasteiger partial charge in [-0.2, -0.15) is 0 Å². The molecule has 2 rings (SSSR count). The maximum absolute atomic E-state index is 10.5. The number of hydrogen-bond acceptors (Lipinski definition) is 3. The predicted octanol–water partition coefficient (Wildman–Crippen LogP) is 2.84. The lowest BCUT2D eigenvalue weighted by Crippen LogP contribution is -2.23. The Morgan fingerprint density at radius 2 is 2.18 bits per heavy atom. The normalized spacial score (nSPS) is 27.9. The highest BCUT2D eigenvalue weighted by atomic mass is 16.7. The van der Waals surface area contributed by atoms with Gasteiger partial charge < -0.3 is 14.6 Å². The fraction of sp³-hybridized carbons (Fsp3) is 0.429. The fourth-order valence-electron chi connectivity index (χ4n) is 1.30. The third kappa shape index (κ3) is 2.80. The Kier molecular flexibility index (Phi) is 1.21. The van der Waals surface area contributed by atoms with Crippen molar-refractivity contribution in [2.24, 2.45) is 5.41 Å².